The van der Waals surface area contributed by atoms with E-state index in [1.54, 1.807) is 6.33 Å². The predicted octanol–water partition coefficient (Wildman–Crippen LogP) is 0.349. The number of ether oxygens (including phenoxy) is 1. The van der Waals surface area contributed by atoms with Crippen molar-refractivity contribution in [1.29, 1.82) is 0 Å². The van der Waals surface area contributed by atoms with Crippen molar-refractivity contribution in [2.45, 2.75) is 25.9 Å². The molecule has 0 aromatic carbocycles. The van der Waals surface area contributed by atoms with Gasteiger partial charge in [0.25, 0.3) is 0 Å². The first kappa shape index (κ1) is 9.61. The second-order valence-corrected chi connectivity index (χ2v) is 3.44. The molecule has 1 aliphatic heterocycles. The number of nitrogens with zero attached hydrogens (tertiary/aromatic N) is 3. The van der Waals surface area contributed by atoms with E-state index in [1.807, 2.05) is 4.68 Å². The summed E-state index contributed by atoms with van der Waals surface area (Å²) in [5.41, 5.74) is 0. The van der Waals surface area contributed by atoms with Crippen molar-refractivity contribution in [2.24, 2.45) is 0 Å². The Bertz CT molecular complexity index is 280. The van der Waals surface area contributed by atoms with Crippen molar-refractivity contribution in [3.05, 3.63) is 12.2 Å². The van der Waals surface area contributed by atoms with Gasteiger partial charge in [0.2, 0.25) is 0 Å². The molecule has 0 bridgehead atoms. The highest BCUT2D eigenvalue weighted by molar-refractivity contribution is 4.83. The maximum absolute atomic E-state index is 5.30. The molecule has 5 heteroatoms. The lowest BCUT2D eigenvalue weighted by atomic mass is 10.3. The highest BCUT2D eigenvalue weighted by atomic mass is 16.5. The molecule has 1 atom stereocenters. The van der Waals surface area contributed by atoms with Gasteiger partial charge >= 0.3 is 0 Å². The third-order valence-electron chi connectivity index (χ3n) is 2.37. The zero-order valence-electron chi connectivity index (χ0n) is 8.44. The number of nitrogens with one attached hydrogen (secondary N) is 1. The number of rotatable bonds is 4. The Kier molecular flexibility index (Phi) is 3.10. The van der Waals surface area contributed by atoms with Gasteiger partial charge in [0.1, 0.15) is 6.33 Å². The molecule has 1 fully saturated rings. The van der Waals surface area contributed by atoms with Gasteiger partial charge in [-0.2, -0.15) is 5.10 Å². The van der Waals surface area contributed by atoms with Crippen LogP contribution in [-0.4, -0.2) is 34.5 Å². The van der Waals surface area contributed by atoms with Crippen molar-refractivity contribution < 1.29 is 4.74 Å². The molecule has 1 unspecified atom stereocenters. The minimum absolute atomic E-state index is 0.387. The first-order valence-corrected chi connectivity index (χ1v) is 5.08. The summed E-state index contributed by atoms with van der Waals surface area (Å²) in [5, 5.41) is 7.59. The molecule has 1 aromatic rings. The minimum atomic E-state index is 0.387. The molecule has 0 saturated carbocycles. The molecule has 78 valence electrons. The van der Waals surface area contributed by atoms with Gasteiger partial charge in [-0.15, -0.1) is 0 Å². The molecule has 0 radical (unpaired) electrons. The van der Waals surface area contributed by atoms with E-state index in [4.69, 9.17) is 4.74 Å². The summed E-state index contributed by atoms with van der Waals surface area (Å²) in [5.74, 6) is 0.860. The number of hydrogen-bond donors (Lipinski definition) is 1. The molecular formula is C9H16N4O. The van der Waals surface area contributed by atoms with Crippen molar-refractivity contribution >= 4 is 0 Å². The maximum atomic E-state index is 5.30. The van der Waals surface area contributed by atoms with Crippen LogP contribution >= 0.6 is 0 Å². The average Bonchev–Trinajstić information content (AvgIpc) is 2.85. The van der Waals surface area contributed by atoms with E-state index in [9.17, 15) is 0 Å². The van der Waals surface area contributed by atoms with Crippen LogP contribution in [0, 0.1) is 0 Å². The molecule has 1 N–H and O–H groups in total. The number of hydrogen-bond acceptors (Lipinski definition) is 4. The van der Waals surface area contributed by atoms with E-state index >= 15 is 0 Å². The molecule has 0 amide bonds. The van der Waals surface area contributed by atoms with E-state index in [2.05, 4.69) is 22.3 Å². The summed E-state index contributed by atoms with van der Waals surface area (Å²) in [6.07, 6.45) is 2.84. The van der Waals surface area contributed by atoms with Gasteiger partial charge in [-0.1, -0.05) is 6.92 Å². The van der Waals surface area contributed by atoms with Gasteiger partial charge in [0.05, 0.1) is 19.2 Å². The van der Waals surface area contributed by atoms with Crippen LogP contribution in [0.1, 0.15) is 25.2 Å². The fourth-order valence-electron chi connectivity index (χ4n) is 1.54. The summed E-state index contributed by atoms with van der Waals surface area (Å²) in [6.45, 7) is 5.37. The molecule has 5 nitrogen and oxygen atoms in total. The average molecular weight is 196 g/mol. The van der Waals surface area contributed by atoms with Crippen LogP contribution < -0.4 is 5.32 Å². The molecule has 14 heavy (non-hydrogen) atoms. The van der Waals surface area contributed by atoms with E-state index in [0.717, 1.165) is 38.5 Å². The summed E-state index contributed by atoms with van der Waals surface area (Å²) in [6, 6.07) is 0.387. The molecule has 2 rings (SSSR count). The van der Waals surface area contributed by atoms with E-state index in [-0.39, 0.29) is 0 Å². The highest BCUT2D eigenvalue weighted by Crippen LogP contribution is 2.16. The lowest BCUT2D eigenvalue weighted by molar-refractivity contribution is 0.184. The summed E-state index contributed by atoms with van der Waals surface area (Å²) >= 11 is 0. The molecule has 1 aromatic heterocycles. The van der Waals surface area contributed by atoms with E-state index in [1.165, 1.54) is 0 Å². The minimum Gasteiger partial charge on any atom is -0.379 e. The predicted molar refractivity (Wildman–Crippen MR) is 51.9 cm³/mol. The van der Waals surface area contributed by atoms with Crippen LogP contribution in [0.3, 0.4) is 0 Å². The fraction of sp³-hybridized carbons (Fsp3) is 0.778. The molecule has 2 heterocycles. The second-order valence-electron chi connectivity index (χ2n) is 3.44. The normalized spacial score (nSPS) is 21.6. The van der Waals surface area contributed by atoms with E-state index in [0.29, 0.717) is 6.04 Å². The Morgan fingerprint density at radius 1 is 1.71 bits per heavy atom. The monoisotopic (exact) mass is 196 g/mol. The SMILES string of the molecule is CCNCc1ncn(C2CCOC2)n1. The summed E-state index contributed by atoms with van der Waals surface area (Å²) in [4.78, 5) is 4.23. The second kappa shape index (κ2) is 4.52. The first-order valence-electron chi connectivity index (χ1n) is 5.08. The lowest BCUT2D eigenvalue weighted by Gasteiger charge is -2.05. The summed E-state index contributed by atoms with van der Waals surface area (Å²) in [7, 11) is 0. The van der Waals surface area contributed by atoms with Crippen molar-refractivity contribution in [2.75, 3.05) is 19.8 Å². The van der Waals surface area contributed by atoms with Crippen molar-refractivity contribution in [3.63, 3.8) is 0 Å². The molecule has 0 aliphatic carbocycles. The van der Waals surface area contributed by atoms with E-state index < -0.39 is 0 Å². The van der Waals surface area contributed by atoms with Crippen molar-refractivity contribution in [3.8, 4) is 0 Å². The molecule has 1 saturated heterocycles. The Hall–Kier alpha value is -0.940. The van der Waals surface area contributed by atoms with Crippen molar-refractivity contribution in [1.82, 2.24) is 20.1 Å². The largest absolute Gasteiger partial charge is 0.379 e. The third-order valence-corrected chi connectivity index (χ3v) is 2.37. The van der Waals surface area contributed by atoms with Crippen LogP contribution in [0.25, 0.3) is 0 Å². The highest BCUT2D eigenvalue weighted by Gasteiger charge is 2.18. The fourth-order valence-corrected chi connectivity index (χ4v) is 1.54. The Morgan fingerprint density at radius 3 is 3.36 bits per heavy atom. The standard InChI is InChI=1S/C9H16N4O/c1-2-10-5-9-11-7-13(12-9)8-3-4-14-6-8/h7-8,10H,2-6H2,1H3. The lowest BCUT2D eigenvalue weighted by Crippen LogP contribution is -2.14. The third kappa shape index (κ3) is 2.10. The topological polar surface area (TPSA) is 52.0 Å². The van der Waals surface area contributed by atoms with Gasteiger partial charge < -0.3 is 10.1 Å². The van der Waals surface area contributed by atoms with Crippen LogP contribution in [0.2, 0.25) is 0 Å². The maximum Gasteiger partial charge on any atom is 0.164 e. The molecule has 0 spiro atoms. The molecular weight excluding hydrogens is 180 g/mol. The van der Waals surface area contributed by atoms with Gasteiger partial charge in [0.15, 0.2) is 5.82 Å². The van der Waals surface area contributed by atoms with Gasteiger partial charge in [0, 0.05) is 6.61 Å². The zero-order valence-corrected chi connectivity index (χ0v) is 8.44. The van der Waals surface area contributed by atoms with Crippen LogP contribution in [0.15, 0.2) is 6.33 Å². The Morgan fingerprint density at radius 2 is 2.64 bits per heavy atom. The van der Waals surface area contributed by atoms with Gasteiger partial charge in [-0.3, -0.25) is 0 Å². The first-order chi connectivity index (χ1) is 6.90. The smallest absolute Gasteiger partial charge is 0.164 e. The quantitative estimate of drug-likeness (QED) is 0.755. The van der Waals surface area contributed by atoms with Gasteiger partial charge in [-0.25, -0.2) is 9.67 Å². The Balaban J connectivity index is 1.94. The van der Waals surface area contributed by atoms with Gasteiger partial charge in [-0.05, 0) is 13.0 Å². The van der Waals surface area contributed by atoms with Crippen LogP contribution in [-0.2, 0) is 11.3 Å². The molecule has 1 aliphatic rings. The Labute approximate surface area is 83.5 Å². The van der Waals surface area contributed by atoms with Crippen LogP contribution in [0.4, 0.5) is 0 Å². The van der Waals surface area contributed by atoms with Crippen LogP contribution in [0.5, 0.6) is 0 Å². The zero-order chi connectivity index (χ0) is 9.80. The number of aromatic nitrogens is 3. The summed E-state index contributed by atoms with van der Waals surface area (Å²) < 4.78 is 7.21.